The van der Waals surface area contributed by atoms with Crippen LogP contribution in [0.3, 0.4) is 0 Å². The number of ether oxygens (including phenoxy) is 1. The summed E-state index contributed by atoms with van der Waals surface area (Å²) in [5.41, 5.74) is 2.10. The lowest BCUT2D eigenvalue weighted by Gasteiger charge is -2.12. The van der Waals surface area contributed by atoms with Crippen molar-refractivity contribution in [1.29, 1.82) is 0 Å². The molecule has 4 rings (SSSR count). The Morgan fingerprint density at radius 3 is 2.28 bits per heavy atom. The Kier molecular flexibility index (Phi) is 5.56. The Labute approximate surface area is 169 Å². The van der Waals surface area contributed by atoms with E-state index in [9.17, 15) is 9.59 Å². The van der Waals surface area contributed by atoms with E-state index in [0.717, 1.165) is 18.4 Å². The topological polar surface area (TPSA) is 67.4 Å². The maximum absolute atomic E-state index is 12.7. The highest BCUT2D eigenvalue weighted by Crippen LogP contribution is 2.30. The van der Waals surface area contributed by atoms with Gasteiger partial charge in [-0.05, 0) is 54.8 Å². The Balaban J connectivity index is 1.39. The van der Waals surface area contributed by atoms with Crippen molar-refractivity contribution in [2.75, 3.05) is 5.32 Å². The molecule has 1 saturated carbocycles. The zero-order chi connectivity index (χ0) is 20.1. The van der Waals surface area contributed by atoms with E-state index in [1.807, 2.05) is 60.7 Å². The number of carbonyl (C=O) groups is 2. The number of carbonyl (C=O) groups excluding carboxylic acids is 2. The van der Waals surface area contributed by atoms with E-state index in [0.29, 0.717) is 29.3 Å². The van der Waals surface area contributed by atoms with Gasteiger partial charge in [0, 0.05) is 18.0 Å². The van der Waals surface area contributed by atoms with Crippen LogP contribution in [0.25, 0.3) is 0 Å². The van der Waals surface area contributed by atoms with Crippen molar-refractivity contribution in [3.05, 3.63) is 90.0 Å². The fourth-order valence-electron chi connectivity index (χ4n) is 2.92. The zero-order valence-electron chi connectivity index (χ0n) is 15.9. The van der Waals surface area contributed by atoms with Crippen molar-refractivity contribution in [2.45, 2.75) is 19.4 Å². The van der Waals surface area contributed by atoms with Crippen LogP contribution in [0.15, 0.2) is 78.9 Å². The molecule has 0 unspecified atom stereocenters. The van der Waals surface area contributed by atoms with Gasteiger partial charge in [0.25, 0.3) is 5.91 Å². The van der Waals surface area contributed by atoms with Crippen molar-refractivity contribution in [3.8, 4) is 11.5 Å². The molecule has 3 aromatic rings. The SMILES string of the molecule is O=C(Nc1ccccc1Oc1ccccc1)c1ccc(CNC(=O)C2CC2)cc1. The predicted octanol–water partition coefficient (Wildman–Crippen LogP) is 4.76. The highest BCUT2D eigenvalue weighted by atomic mass is 16.5. The van der Waals surface area contributed by atoms with Gasteiger partial charge in [0.15, 0.2) is 5.75 Å². The molecule has 29 heavy (non-hydrogen) atoms. The largest absolute Gasteiger partial charge is 0.455 e. The van der Waals surface area contributed by atoms with Crippen LogP contribution < -0.4 is 15.4 Å². The molecule has 1 aliphatic rings. The first-order valence-corrected chi connectivity index (χ1v) is 9.69. The van der Waals surface area contributed by atoms with Crippen molar-refractivity contribution in [3.63, 3.8) is 0 Å². The van der Waals surface area contributed by atoms with E-state index in [1.165, 1.54) is 0 Å². The molecule has 2 N–H and O–H groups in total. The summed E-state index contributed by atoms with van der Waals surface area (Å²) in [5.74, 6) is 1.36. The summed E-state index contributed by atoms with van der Waals surface area (Å²) < 4.78 is 5.89. The number of anilines is 1. The van der Waals surface area contributed by atoms with E-state index < -0.39 is 0 Å². The van der Waals surface area contributed by atoms with E-state index in [2.05, 4.69) is 10.6 Å². The van der Waals surface area contributed by atoms with Crippen molar-refractivity contribution in [1.82, 2.24) is 5.32 Å². The molecule has 0 bridgehead atoms. The molecule has 5 heteroatoms. The third-order valence-corrected chi connectivity index (χ3v) is 4.74. The Morgan fingerprint density at radius 2 is 1.55 bits per heavy atom. The average molecular weight is 386 g/mol. The molecule has 0 aromatic heterocycles. The van der Waals surface area contributed by atoms with Crippen LogP contribution >= 0.6 is 0 Å². The quantitative estimate of drug-likeness (QED) is 0.615. The lowest BCUT2D eigenvalue weighted by Crippen LogP contribution is -2.24. The summed E-state index contributed by atoms with van der Waals surface area (Å²) in [4.78, 5) is 24.4. The number of benzene rings is 3. The summed E-state index contributed by atoms with van der Waals surface area (Å²) in [6.45, 7) is 0.477. The second-order valence-corrected chi connectivity index (χ2v) is 7.05. The fraction of sp³-hybridized carbons (Fsp3) is 0.167. The van der Waals surface area contributed by atoms with Gasteiger partial charge in [-0.3, -0.25) is 9.59 Å². The van der Waals surface area contributed by atoms with Crippen LogP contribution in [0.2, 0.25) is 0 Å². The molecule has 1 aliphatic carbocycles. The highest BCUT2D eigenvalue weighted by Gasteiger charge is 2.29. The smallest absolute Gasteiger partial charge is 0.255 e. The molecule has 1 fully saturated rings. The summed E-state index contributed by atoms with van der Waals surface area (Å²) in [6.07, 6.45) is 1.97. The van der Waals surface area contributed by atoms with E-state index in [4.69, 9.17) is 4.74 Å². The molecule has 0 radical (unpaired) electrons. The lowest BCUT2D eigenvalue weighted by atomic mass is 10.1. The molecular weight excluding hydrogens is 364 g/mol. The molecule has 0 spiro atoms. The van der Waals surface area contributed by atoms with E-state index >= 15 is 0 Å². The minimum absolute atomic E-state index is 0.113. The number of para-hydroxylation sites is 3. The number of rotatable bonds is 7. The average Bonchev–Trinajstić information content (AvgIpc) is 3.60. The molecule has 2 amide bonds. The summed E-state index contributed by atoms with van der Waals surface area (Å²) in [6, 6.07) is 24.0. The molecular formula is C24H22N2O3. The van der Waals surface area contributed by atoms with Crippen molar-refractivity contribution >= 4 is 17.5 Å². The van der Waals surface area contributed by atoms with E-state index in [1.54, 1.807) is 18.2 Å². The Morgan fingerprint density at radius 1 is 0.862 bits per heavy atom. The van der Waals surface area contributed by atoms with Gasteiger partial charge in [-0.1, -0.05) is 42.5 Å². The monoisotopic (exact) mass is 386 g/mol. The second kappa shape index (κ2) is 8.61. The van der Waals surface area contributed by atoms with Gasteiger partial charge >= 0.3 is 0 Å². The molecule has 0 saturated heterocycles. The van der Waals surface area contributed by atoms with Crippen LogP contribution in [0.1, 0.15) is 28.8 Å². The van der Waals surface area contributed by atoms with Gasteiger partial charge in [0.05, 0.1) is 5.69 Å². The van der Waals surface area contributed by atoms with Crippen LogP contribution in [0.4, 0.5) is 5.69 Å². The van der Waals surface area contributed by atoms with Gasteiger partial charge in [0.2, 0.25) is 5.91 Å². The first kappa shape index (κ1) is 18.7. The summed E-state index contributed by atoms with van der Waals surface area (Å²) in [7, 11) is 0. The zero-order valence-corrected chi connectivity index (χ0v) is 15.9. The van der Waals surface area contributed by atoms with Crippen LogP contribution in [-0.4, -0.2) is 11.8 Å². The molecule has 0 atom stereocenters. The maximum atomic E-state index is 12.7. The van der Waals surface area contributed by atoms with Crippen LogP contribution in [0.5, 0.6) is 11.5 Å². The first-order valence-electron chi connectivity index (χ1n) is 9.69. The number of hydrogen-bond donors (Lipinski definition) is 2. The number of amides is 2. The molecule has 0 aliphatic heterocycles. The number of nitrogens with one attached hydrogen (secondary N) is 2. The van der Waals surface area contributed by atoms with Crippen molar-refractivity contribution < 1.29 is 14.3 Å². The number of hydrogen-bond acceptors (Lipinski definition) is 3. The van der Waals surface area contributed by atoms with Gasteiger partial charge in [0.1, 0.15) is 5.75 Å². The Bertz CT molecular complexity index is 996. The van der Waals surface area contributed by atoms with Gasteiger partial charge in [-0.2, -0.15) is 0 Å². The van der Waals surface area contributed by atoms with Gasteiger partial charge < -0.3 is 15.4 Å². The van der Waals surface area contributed by atoms with Crippen molar-refractivity contribution in [2.24, 2.45) is 5.92 Å². The minimum atomic E-state index is -0.220. The molecule has 5 nitrogen and oxygen atoms in total. The second-order valence-electron chi connectivity index (χ2n) is 7.05. The molecule has 3 aromatic carbocycles. The van der Waals surface area contributed by atoms with Gasteiger partial charge in [-0.15, -0.1) is 0 Å². The lowest BCUT2D eigenvalue weighted by molar-refractivity contribution is -0.122. The minimum Gasteiger partial charge on any atom is -0.455 e. The maximum Gasteiger partial charge on any atom is 0.255 e. The third kappa shape index (κ3) is 5.02. The third-order valence-electron chi connectivity index (χ3n) is 4.74. The standard InChI is InChI=1S/C24H22N2O3/c27-23(18-14-15-18)25-16-17-10-12-19(13-11-17)24(28)26-21-8-4-5-9-22(21)29-20-6-2-1-3-7-20/h1-13,18H,14-16H2,(H,25,27)(H,26,28). The molecule has 146 valence electrons. The summed E-state index contributed by atoms with van der Waals surface area (Å²) in [5, 5.41) is 5.83. The predicted molar refractivity (Wildman–Crippen MR) is 112 cm³/mol. The Hall–Kier alpha value is -3.60. The summed E-state index contributed by atoms with van der Waals surface area (Å²) >= 11 is 0. The van der Waals surface area contributed by atoms with Gasteiger partial charge in [-0.25, -0.2) is 0 Å². The normalized spacial score (nSPS) is 12.8. The highest BCUT2D eigenvalue weighted by molar-refractivity contribution is 6.05. The molecule has 0 heterocycles. The van der Waals surface area contributed by atoms with Crippen LogP contribution in [0, 0.1) is 5.92 Å². The van der Waals surface area contributed by atoms with Crippen LogP contribution in [-0.2, 0) is 11.3 Å². The fourth-order valence-corrected chi connectivity index (χ4v) is 2.92. The first-order chi connectivity index (χ1) is 14.2. The van der Waals surface area contributed by atoms with E-state index in [-0.39, 0.29) is 17.7 Å².